The van der Waals surface area contributed by atoms with Crippen molar-refractivity contribution < 1.29 is 32.3 Å². The van der Waals surface area contributed by atoms with Crippen LogP contribution in [0.4, 0.5) is 23.2 Å². The highest BCUT2D eigenvalue weighted by Gasteiger charge is 2.47. The van der Waals surface area contributed by atoms with E-state index in [0.717, 1.165) is 40.6 Å². The highest BCUT2D eigenvalue weighted by Crippen LogP contribution is 2.44. The Morgan fingerprint density at radius 1 is 0.833 bits per heavy atom. The molecule has 1 N–H and O–H groups in total. The highest BCUT2D eigenvalue weighted by atomic mass is 19.4. The number of rotatable bonds is 3. The molecule has 1 saturated heterocycles. The molecule has 4 nitrogen and oxygen atoms in total. The number of amides is 1. The molecule has 1 unspecified atom stereocenters. The molecule has 1 fully saturated rings. The average molecular weight is 491 g/mol. The van der Waals surface area contributed by atoms with Gasteiger partial charge in [-0.25, -0.2) is 4.39 Å². The van der Waals surface area contributed by atoms with Crippen molar-refractivity contribution >= 4 is 33.9 Å². The SMILES string of the molecule is O=C1C(=O)N(c2cccc(C(F)(F)F)c2)C(c2ccc(F)cc2)/C1=C(/O)c1cccc2ccccc12. The largest absolute Gasteiger partial charge is 0.507 e. The average Bonchev–Trinajstić information content (AvgIpc) is 3.13. The molecule has 1 aliphatic heterocycles. The zero-order valence-electron chi connectivity index (χ0n) is 18.5. The van der Waals surface area contributed by atoms with Gasteiger partial charge >= 0.3 is 6.18 Å². The lowest BCUT2D eigenvalue weighted by molar-refractivity contribution is -0.137. The molecule has 4 aromatic carbocycles. The Labute approximate surface area is 202 Å². The molecule has 0 bridgehead atoms. The molecule has 36 heavy (non-hydrogen) atoms. The third-order valence-electron chi connectivity index (χ3n) is 6.13. The van der Waals surface area contributed by atoms with Crippen LogP contribution in [0, 0.1) is 5.82 Å². The molecule has 4 aromatic rings. The van der Waals surface area contributed by atoms with E-state index in [1.54, 1.807) is 30.3 Å². The van der Waals surface area contributed by atoms with Crippen LogP contribution in [0.2, 0.25) is 0 Å². The van der Waals surface area contributed by atoms with E-state index in [9.17, 15) is 32.3 Å². The normalized spacial score (nSPS) is 17.7. The number of alkyl halides is 3. The van der Waals surface area contributed by atoms with E-state index >= 15 is 0 Å². The summed E-state index contributed by atoms with van der Waals surface area (Å²) in [5.41, 5.74) is -0.968. The number of anilines is 1. The number of aliphatic hydroxyl groups is 1. The summed E-state index contributed by atoms with van der Waals surface area (Å²) >= 11 is 0. The second-order valence-corrected chi connectivity index (χ2v) is 8.30. The second-order valence-electron chi connectivity index (χ2n) is 8.30. The minimum absolute atomic E-state index is 0.182. The van der Waals surface area contributed by atoms with Crippen molar-refractivity contribution in [2.45, 2.75) is 12.2 Å². The number of ketones is 1. The first-order valence-electron chi connectivity index (χ1n) is 10.9. The van der Waals surface area contributed by atoms with Crippen LogP contribution in [-0.2, 0) is 15.8 Å². The van der Waals surface area contributed by atoms with Crippen molar-refractivity contribution in [3.05, 3.63) is 119 Å². The molecule has 1 aliphatic rings. The predicted molar refractivity (Wildman–Crippen MR) is 127 cm³/mol. The Hall–Kier alpha value is -4.46. The molecule has 1 atom stereocenters. The van der Waals surface area contributed by atoms with E-state index in [4.69, 9.17) is 0 Å². The van der Waals surface area contributed by atoms with Gasteiger partial charge < -0.3 is 5.11 Å². The maximum atomic E-state index is 13.7. The quantitative estimate of drug-likeness (QED) is 0.152. The minimum Gasteiger partial charge on any atom is -0.507 e. The van der Waals surface area contributed by atoms with Gasteiger partial charge in [0.2, 0.25) is 0 Å². The fourth-order valence-electron chi connectivity index (χ4n) is 4.47. The van der Waals surface area contributed by atoms with Crippen LogP contribution in [0.15, 0.2) is 96.6 Å². The molecular formula is C28H17F4NO3. The Bertz CT molecular complexity index is 1540. The summed E-state index contributed by atoms with van der Waals surface area (Å²) in [6.45, 7) is 0. The van der Waals surface area contributed by atoms with Crippen molar-refractivity contribution in [3.8, 4) is 0 Å². The van der Waals surface area contributed by atoms with Crippen LogP contribution in [0.25, 0.3) is 16.5 Å². The van der Waals surface area contributed by atoms with Crippen LogP contribution in [0.1, 0.15) is 22.7 Å². The first-order valence-corrected chi connectivity index (χ1v) is 10.9. The number of Topliss-reactive ketones (excluding diaryl/α,β-unsaturated/α-hetero) is 1. The van der Waals surface area contributed by atoms with Gasteiger partial charge in [-0.1, -0.05) is 60.7 Å². The van der Waals surface area contributed by atoms with E-state index in [0.29, 0.717) is 5.39 Å². The van der Waals surface area contributed by atoms with Gasteiger partial charge in [-0.05, 0) is 46.7 Å². The molecule has 1 heterocycles. The molecule has 1 amide bonds. The number of aliphatic hydroxyl groups excluding tert-OH is 1. The molecular weight excluding hydrogens is 474 g/mol. The number of carbonyl (C=O) groups excluding carboxylic acids is 2. The smallest absolute Gasteiger partial charge is 0.416 e. The first kappa shape index (κ1) is 23.3. The zero-order chi connectivity index (χ0) is 25.6. The fraction of sp³-hybridized carbons (Fsp3) is 0.0714. The number of carbonyl (C=O) groups is 2. The van der Waals surface area contributed by atoms with E-state index in [1.807, 2.05) is 12.1 Å². The van der Waals surface area contributed by atoms with Gasteiger partial charge in [0.25, 0.3) is 11.7 Å². The van der Waals surface area contributed by atoms with E-state index in [1.165, 1.54) is 18.2 Å². The Balaban J connectivity index is 1.76. The summed E-state index contributed by atoms with van der Waals surface area (Å²) in [7, 11) is 0. The minimum atomic E-state index is -4.68. The van der Waals surface area contributed by atoms with Crippen LogP contribution < -0.4 is 4.90 Å². The van der Waals surface area contributed by atoms with Gasteiger partial charge in [0, 0.05) is 11.3 Å². The van der Waals surface area contributed by atoms with Crippen LogP contribution in [0.3, 0.4) is 0 Å². The van der Waals surface area contributed by atoms with Gasteiger partial charge in [0.15, 0.2) is 0 Å². The third-order valence-corrected chi connectivity index (χ3v) is 6.13. The number of halogens is 4. The first-order chi connectivity index (χ1) is 17.2. The zero-order valence-corrected chi connectivity index (χ0v) is 18.5. The fourth-order valence-corrected chi connectivity index (χ4v) is 4.47. The monoisotopic (exact) mass is 491 g/mol. The molecule has 0 spiro atoms. The van der Waals surface area contributed by atoms with Crippen molar-refractivity contribution in [1.82, 2.24) is 0 Å². The number of hydrogen-bond acceptors (Lipinski definition) is 3. The number of hydrogen-bond donors (Lipinski definition) is 1. The summed E-state index contributed by atoms with van der Waals surface area (Å²) < 4.78 is 53.9. The lowest BCUT2D eigenvalue weighted by Gasteiger charge is -2.26. The summed E-state index contributed by atoms with van der Waals surface area (Å²) in [6, 6.07) is 19.8. The van der Waals surface area contributed by atoms with Crippen LogP contribution >= 0.6 is 0 Å². The number of nitrogens with zero attached hydrogens (tertiary/aromatic N) is 1. The molecule has 0 aromatic heterocycles. The predicted octanol–water partition coefficient (Wildman–Crippen LogP) is 6.62. The lowest BCUT2D eigenvalue weighted by Crippen LogP contribution is -2.29. The Kier molecular flexibility index (Phi) is 5.59. The second kappa shape index (κ2) is 8.64. The standard InChI is InChI=1S/C28H17F4NO3/c29-19-13-11-17(12-14-19)24-23(25(34)22-10-3-6-16-5-1-2-9-21(16)22)26(35)27(36)33(24)20-8-4-7-18(15-20)28(30,31)32/h1-15,24,34H/b25-23-. The molecule has 0 saturated carbocycles. The molecule has 8 heteroatoms. The summed E-state index contributed by atoms with van der Waals surface area (Å²) in [5, 5.41) is 12.7. The van der Waals surface area contributed by atoms with Crippen LogP contribution in [0.5, 0.6) is 0 Å². The van der Waals surface area contributed by atoms with Gasteiger partial charge in [0.1, 0.15) is 11.6 Å². The summed E-state index contributed by atoms with van der Waals surface area (Å²) in [5.74, 6) is -3.23. The number of benzene rings is 4. The van der Waals surface area contributed by atoms with Crippen LogP contribution in [-0.4, -0.2) is 16.8 Å². The molecule has 0 radical (unpaired) electrons. The molecule has 180 valence electrons. The van der Waals surface area contributed by atoms with Gasteiger partial charge in [-0.15, -0.1) is 0 Å². The van der Waals surface area contributed by atoms with Crippen molar-refractivity contribution in [2.75, 3.05) is 4.90 Å². The molecule has 5 rings (SSSR count). The van der Waals surface area contributed by atoms with Crippen molar-refractivity contribution in [3.63, 3.8) is 0 Å². The van der Waals surface area contributed by atoms with E-state index in [-0.39, 0.29) is 22.4 Å². The highest BCUT2D eigenvalue weighted by molar-refractivity contribution is 6.51. The maximum absolute atomic E-state index is 13.7. The molecule has 0 aliphatic carbocycles. The number of fused-ring (bicyclic) bond motifs is 1. The Morgan fingerprint density at radius 2 is 1.50 bits per heavy atom. The summed E-state index contributed by atoms with van der Waals surface area (Å²) in [6.07, 6.45) is -4.68. The Morgan fingerprint density at radius 3 is 2.22 bits per heavy atom. The van der Waals surface area contributed by atoms with Gasteiger partial charge in [-0.3, -0.25) is 14.5 Å². The van der Waals surface area contributed by atoms with Gasteiger partial charge in [-0.2, -0.15) is 13.2 Å². The van der Waals surface area contributed by atoms with Crippen molar-refractivity contribution in [2.24, 2.45) is 0 Å². The van der Waals surface area contributed by atoms with E-state index < -0.39 is 41.0 Å². The van der Waals surface area contributed by atoms with Crippen molar-refractivity contribution in [1.29, 1.82) is 0 Å². The maximum Gasteiger partial charge on any atom is 0.416 e. The third kappa shape index (κ3) is 3.90. The lowest BCUT2D eigenvalue weighted by atomic mass is 9.93. The van der Waals surface area contributed by atoms with Gasteiger partial charge in [0.05, 0.1) is 17.2 Å². The summed E-state index contributed by atoms with van der Waals surface area (Å²) in [4.78, 5) is 27.4. The van der Waals surface area contributed by atoms with E-state index in [2.05, 4.69) is 0 Å². The topological polar surface area (TPSA) is 57.6 Å².